The molecule has 1 N–H and O–H groups in total. The van der Waals surface area contributed by atoms with E-state index in [0.29, 0.717) is 28.1 Å². The molecule has 1 aliphatic rings. The van der Waals surface area contributed by atoms with Crippen LogP contribution in [0.3, 0.4) is 0 Å². The first kappa shape index (κ1) is 20.5. The van der Waals surface area contributed by atoms with Crippen molar-refractivity contribution in [1.29, 1.82) is 0 Å². The predicted molar refractivity (Wildman–Crippen MR) is 124 cm³/mol. The Hall–Kier alpha value is -4.39. The second kappa shape index (κ2) is 7.94. The summed E-state index contributed by atoms with van der Waals surface area (Å²) in [5.74, 6) is -0.989. The second-order valence-electron chi connectivity index (χ2n) is 7.76. The minimum atomic E-state index is -0.843. The Morgan fingerprint density at radius 2 is 1.58 bits per heavy atom. The van der Waals surface area contributed by atoms with Crippen LogP contribution >= 0.6 is 0 Å². The summed E-state index contributed by atoms with van der Waals surface area (Å²) in [6, 6.07) is 19.9. The number of aromatic nitrogens is 1. The van der Waals surface area contributed by atoms with Gasteiger partial charge in [0, 0.05) is 29.6 Å². The zero-order valence-corrected chi connectivity index (χ0v) is 18.0. The van der Waals surface area contributed by atoms with Gasteiger partial charge in [-0.3, -0.25) is 14.4 Å². The van der Waals surface area contributed by atoms with Crippen molar-refractivity contribution in [3.05, 3.63) is 77.9 Å². The minimum absolute atomic E-state index is 0.0272. The van der Waals surface area contributed by atoms with Gasteiger partial charge in [0.2, 0.25) is 6.79 Å². The highest BCUT2D eigenvalue weighted by Gasteiger charge is 2.28. The standard InChI is InChI=1S/C26H20N2O5/c1-15(29)18-12-21-22(33-14-32-21)13-19(18)27-26(31)25(30)23-17-10-6-7-11-20(17)28(2)24(23)16-8-4-3-5-9-16/h3-13H,14H2,1-2H3,(H,27,31). The Morgan fingerprint density at radius 3 is 2.30 bits per heavy atom. The van der Waals surface area contributed by atoms with E-state index >= 15 is 0 Å². The molecule has 0 atom stereocenters. The van der Waals surface area contributed by atoms with Crippen LogP contribution in [0.25, 0.3) is 22.2 Å². The lowest BCUT2D eigenvalue weighted by molar-refractivity contribution is -0.112. The number of carbonyl (C=O) groups excluding carboxylic acids is 3. The Balaban J connectivity index is 1.59. The molecule has 7 nitrogen and oxygen atoms in total. The summed E-state index contributed by atoms with van der Waals surface area (Å²) in [6.45, 7) is 1.41. The number of hydrogen-bond donors (Lipinski definition) is 1. The average molecular weight is 440 g/mol. The fourth-order valence-electron chi connectivity index (χ4n) is 4.19. The summed E-state index contributed by atoms with van der Waals surface area (Å²) in [5.41, 5.74) is 3.05. The molecule has 3 aromatic carbocycles. The fraction of sp³-hybridized carbons (Fsp3) is 0.115. The SMILES string of the molecule is CC(=O)c1cc2c(cc1NC(=O)C(=O)c1c(-c3ccccc3)n(C)c3ccccc13)OCO2. The molecule has 1 amide bonds. The topological polar surface area (TPSA) is 86.6 Å². The zero-order chi connectivity index (χ0) is 23.1. The number of ketones is 2. The molecule has 33 heavy (non-hydrogen) atoms. The Kier molecular flexibility index (Phi) is 4.94. The van der Waals surface area contributed by atoms with Crippen LogP contribution in [-0.4, -0.2) is 28.8 Å². The number of rotatable bonds is 5. The third-order valence-corrected chi connectivity index (χ3v) is 5.73. The van der Waals surface area contributed by atoms with Crippen molar-refractivity contribution < 1.29 is 23.9 Å². The molecule has 0 fully saturated rings. The number of para-hydroxylation sites is 1. The van der Waals surface area contributed by atoms with Crippen molar-refractivity contribution in [3.8, 4) is 22.8 Å². The van der Waals surface area contributed by atoms with E-state index in [-0.39, 0.29) is 23.8 Å². The number of benzene rings is 3. The molecule has 0 saturated heterocycles. The molecule has 0 bridgehead atoms. The van der Waals surface area contributed by atoms with E-state index in [2.05, 4.69) is 5.32 Å². The minimum Gasteiger partial charge on any atom is -0.454 e. The number of nitrogens with one attached hydrogen (secondary N) is 1. The Labute approximate surface area is 189 Å². The summed E-state index contributed by atoms with van der Waals surface area (Å²) < 4.78 is 12.6. The summed E-state index contributed by atoms with van der Waals surface area (Å²) in [5, 5.41) is 3.30. The van der Waals surface area contributed by atoms with Crippen LogP contribution in [0, 0.1) is 0 Å². The van der Waals surface area contributed by atoms with E-state index < -0.39 is 11.7 Å². The first-order valence-electron chi connectivity index (χ1n) is 10.4. The van der Waals surface area contributed by atoms with E-state index in [1.807, 2.05) is 66.2 Å². The molecule has 164 valence electrons. The van der Waals surface area contributed by atoms with Gasteiger partial charge >= 0.3 is 0 Å². The van der Waals surface area contributed by atoms with E-state index in [4.69, 9.17) is 9.47 Å². The summed E-state index contributed by atoms with van der Waals surface area (Å²) >= 11 is 0. The van der Waals surface area contributed by atoms with Crippen molar-refractivity contribution in [2.75, 3.05) is 12.1 Å². The molecule has 0 unspecified atom stereocenters. The number of amides is 1. The van der Waals surface area contributed by atoms with Crippen molar-refractivity contribution >= 4 is 34.1 Å². The lowest BCUT2D eigenvalue weighted by atomic mass is 10.0. The summed E-state index contributed by atoms with van der Waals surface area (Å²) in [6.07, 6.45) is 0. The Morgan fingerprint density at radius 1 is 0.909 bits per heavy atom. The van der Waals surface area contributed by atoms with Gasteiger partial charge in [-0.15, -0.1) is 0 Å². The van der Waals surface area contributed by atoms with Gasteiger partial charge in [0.1, 0.15) is 0 Å². The lowest BCUT2D eigenvalue weighted by Gasteiger charge is -2.11. The molecular formula is C26H20N2O5. The molecular weight excluding hydrogens is 420 g/mol. The van der Waals surface area contributed by atoms with Gasteiger partial charge in [-0.25, -0.2) is 0 Å². The molecule has 7 heteroatoms. The number of aryl methyl sites for hydroxylation is 1. The molecule has 1 aromatic heterocycles. The summed E-state index contributed by atoms with van der Waals surface area (Å²) in [4.78, 5) is 38.9. The van der Waals surface area contributed by atoms with Crippen LogP contribution < -0.4 is 14.8 Å². The van der Waals surface area contributed by atoms with Crippen LogP contribution in [0.15, 0.2) is 66.7 Å². The van der Waals surface area contributed by atoms with Gasteiger partial charge in [0.15, 0.2) is 17.3 Å². The predicted octanol–water partition coefficient (Wildman–Crippen LogP) is 4.60. The number of anilines is 1. The third-order valence-electron chi connectivity index (χ3n) is 5.73. The van der Waals surface area contributed by atoms with E-state index in [0.717, 1.165) is 11.1 Å². The monoisotopic (exact) mass is 440 g/mol. The molecule has 0 saturated carbocycles. The van der Waals surface area contributed by atoms with Gasteiger partial charge in [-0.1, -0.05) is 48.5 Å². The number of ether oxygens (including phenoxy) is 2. The highest BCUT2D eigenvalue weighted by molar-refractivity contribution is 6.49. The van der Waals surface area contributed by atoms with Gasteiger partial charge in [0.25, 0.3) is 11.7 Å². The number of Topliss-reactive ketones (excluding diaryl/α,β-unsaturated/α-hetero) is 2. The van der Waals surface area contributed by atoms with Crippen LogP contribution in [0.1, 0.15) is 27.6 Å². The second-order valence-corrected chi connectivity index (χ2v) is 7.76. The highest BCUT2D eigenvalue weighted by Crippen LogP contribution is 2.38. The third kappa shape index (κ3) is 3.43. The fourth-order valence-corrected chi connectivity index (χ4v) is 4.19. The van der Waals surface area contributed by atoms with Crippen molar-refractivity contribution in [1.82, 2.24) is 4.57 Å². The van der Waals surface area contributed by atoms with E-state index in [1.54, 1.807) is 0 Å². The first-order valence-corrected chi connectivity index (χ1v) is 10.4. The van der Waals surface area contributed by atoms with E-state index in [1.165, 1.54) is 19.1 Å². The lowest BCUT2D eigenvalue weighted by Crippen LogP contribution is -2.24. The first-order chi connectivity index (χ1) is 16.0. The van der Waals surface area contributed by atoms with Crippen molar-refractivity contribution in [3.63, 3.8) is 0 Å². The number of nitrogens with zero attached hydrogens (tertiary/aromatic N) is 1. The van der Waals surface area contributed by atoms with Gasteiger partial charge in [-0.2, -0.15) is 0 Å². The van der Waals surface area contributed by atoms with Gasteiger partial charge < -0.3 is 19.4 Å². The van der Waals surface area contributed by atoms with E-state index in [9.17, 15) is 14.4 Å². The molecule has 0 radical (unpaired) electrons. The van der Waals surface area contributed by atoms with Crippen molar-refractivity contribution in [2.45, 2.75) is 6.92 Å². The van der Waals surface area contributed by atoms with Gasteiger partial charge in [-0.05, 0) is 24.6 Å². The van der Waals surface area contributed by atoms with Crippen LogP contribution in [0.5, 0.6) is 11.5 Å². The van der Waals surface area contributed by atoms with Crippen LogP contribution in [-0.2, 0) is 11.8 Å². The number of carbonyl (C=O) groups is 3. The highest BCUT2D eigenvalue weighted by atomic mass is 16.7. The maximum Gasteiger partial charge on any atom is 0.296 e. The number of fused-ring (bicyclic) bond motifs is 2. The smallest absolute Gasteiger partial charge is 0.296 e. The normalized spacial score (nSPS) is 12.1. The molecule has 5 rings (SSSR count). The molecule has 0 aliphatic carbocycles. The maximum atomic E-state index is 13.5. The molecule has 4 aromatic rings. The van der Waals surface area contributed by atoms with Crippen molar-refractivity contribution in [2.24, 2.45) is 7.05 Å². The van der Waals surface area contributed by atoms with Crippen LogP contribution in [0.4, 0.5) is 5.69 Å². The summed E-state index contributed by atoms with van der Waals surface area (Å²) in [7, 11) is 1.87. The quantitative estimate of drug-likeness (QED) is 0.362. The molecule has 2 heterocycles. The molecule has 1 aliphatic heterocycles. The molecule has 0 spiro atoms. The number of hydrogen-bond acceptors (Lipinski definition) is 5. The zero-order valence-electron chi connectivity index (χ0n) is 18.0. The average Bonchev–Trinajstić information content (AvgIpc) is 3.40. The van der Waals surface area contributed by atoms with Crippen LogP contribution in [0.2, 0.25) is 0 Å². The maximum absolute atomic E-state index is 13.5. The Bertz CT molecular complexity index is 1440. The largest absolute Gasteiger partial charge is 0.454 e. The van der Waals surface area contributed by atoms with Gasteiger partial charge in [0.05, 0.1) is 16.9 Å².